The number of ether oxygens (including phenoxy) is 1. The molecule has 0 fully saturated rings. The SMILES string of the molecule is COc1ccc(Cl)cc1-c1ccccc1C(=O)Nc1ccc(NCCc2ccccn2)cc1. The normalized spacial score (nSPS) is 10.5. The topological polar surface area (TPSA) is 63.2 Å². The van der Waals surface area contributed by atoms with E-state index < -0.39 is 0 Å². The van der Waals surface area contributed by atoms with Gasteiger partial charge in [-0.3, -0.25) is 9.78 Å². The summed E-state index contributed by atoms with van der Waals surface area (Å²) in [6.07, 6.45) is 2.64. The summed E-state index contributed by atoms with van der Waals surface area (Å²) in [5.41, 5.74) is 4.79. The highest BCUT2D eigenvalue weighted by molar-refractivity contribution is 6.31. The van der Waals surface area contributed by atoms with Crippen molar-refractivity contribution in [3.05, 3.63) is 107 Å². The lowest BCUT2D eigenvalue weighted by atomic mass is 9.98. The fourth-order valence-corrected chi connectivity index (χ4v) is 3.73. The number of anilines is 2. The van der Waals surface area contributed by atoms with Gasteiger partial charge < -0.3 is 15.4 Å². The zero-order valence-electron chi connectivity index (χ0n) is 18.2. The zero-order valence-corrected chi connectivity index (χ0v) is 19.0. The molecular weight excluding hydrogens is 434 g/mol. The van der Waals surface area contributed by atoms with Crippen LogP contribution in [0, 0.1) is 0 Å². The van der Waals surface area contributed by atoms with Gasteiger partial charge in [-0.1, -0.05) is 35.9 Å². The van der Waals surface area contributed by atoms with Gasteiger partial charge in [-0.25, -0.2) is 0 Å². The number of hydrogen-bond acceptors (Lipinski definition) is 4. The average Bonchev–Trinajstić information content (AvgIpc) is 2.86. The highest BCUT2D eigenvalue weighted by atomic mass is 35.5. The van der Waals surface area contributed by atoms with Gasteiger partial charge in [0.05, 0.1) is 7.11 Å². The van der Waals surface area contributed by atoms with E-state index >= 15 is 0 Å². The third-order valence-electron chi connectivity index (χ3n) is 5.20. The number of carbonyl (C=O) groups excluding carboxylic acids is 1. The Balaban J connectivity index is 1.44. The first-order valence-corrected chi connectivity index (χ1v) is 11.0. The molecule has 0 aliphatic rings. The van der Waals surface area contributed by atoms with Crippen LogP contribution in [-0.2, 0) is 6.42 Å². The number of amides is 1. The molecule has 2 N–H and O–H groups in total. The highest BCUT2D eigenvalue weighted by Crippen LogP contribution is 2.34. The minimum absolute atomic E-state index is 0.205. The van der Waals surface area contributed by atoms with Crippen molar-refractivity contribution in [2.75, 3.05) is 24.3 Å². The summed E-state index contributed by atoms with van der Waals surface area (Å²) in [5.74, 6) is 0.448. The molecule has 3 aromatic carbocycles. The lowest BCUT2D eigenvalue weighted by Gasteiger charge is -2.14. The first kappa shape index (κ1) is 22.4. The number of halogens is 1. The van der Waals surface area contributed by atoms with E-state index in [1.54, 1.807) is 37.6 Å². The monoisotopic (exact) mass is 457 g/mol. The van der Waals surface area contributed by atoms with Crippen LogP contribution in [-0.4, -0.2) is 24.5 Å². The van der Waals surface area contributed by atoms with Crippen LogP contribution >= 0.6 is 11.6 Å². The van der Waals surface area contributed by atoms with Crippen molar-refractivity contribution in [3.8, 4) is 16.9 Å². The number of aromatic nitrogens is 1. The van der Waals surface area contributed by atoms with Gasteiger partial charge in [0.1, 0.15) is 5.75 Å². The van der Waals surface area contributed by atoms with Gasteiger partial charge in [0, 0.05) is 52.4 Å². The fourth-order valence-electron chi connectivity index (χ4n) is 3.56. The standard InChI is InChI=1S/C27H24ClN3O2/c1-33-26-14-9-19(28)18-25(26)23-7-2-3-8-24(23)27(32)31-22-12-10-21(11-13-22)30-17-15-20-6-4-5-16-29-20/h2-14,16,18,30H,15,17H2,1H3,(H,31,32). The molecule has 0 saturated carbocycles. The maximum Gasteiger partial charge on any atom is 0.256 e. The van der Waals surface area contributed by atoms with Crippen LogP contribution < -0.4 is 15.4 Å². The van der Waals surface area contributed by atoms with Crippen molar-refractivity contribution in [1.82, 2.24) is 4.98 Å². The van der Waals surface area contributed by atoms with Crippen molar-refractivity contribution in [2.45, 2.75) is 6.42 Å². The molecule has 0 unspecified atom stereocenters. The molecule has 4 rings (SSSR count). The lowest BCUT2D eigenvalue weighted by molar-refractivity contribution is 0.102. The van der Waals surface area contributed by atoms with E-state index in [9.17, 15) is 4.79 Å². The second-order valence-electron chi connectivity index (χ2n) is 7.42. The molecule has 1 aromatic heterocycles. The molecule has 0 aliphatic carbocycles. The summed E-state index contributed by atoms with van der Waals surface area (Å²) in [6, 6.07) is 26.3. The van der Waals surface area contributed by atoms with Gasteiger partial charge >= 0.3 is 0 Å². The van der Waals surface area contributed by atoms with Crippen molar-refractivity contribution < 1.29 is 9.53 Å². The summed E-state index contributed by atoms with van der Waals surface area (Å²) in [4.78, 5) is 17.4. The Hall–Kier alpha value is -3.83. The second kappa shape index (κ2) is 10.7. The first-order chi connectivity index (χ1) is 16.1. The third kappa shape index (κ3) is 5.70. The van der Waals surface area contributed by atoms with Gasteiger partial charge in [0.2, 0.25) is 0 Å². The van der Waals surface area contributed by atoms with E-state index in [1.165, 1.54) is 0 Å². The van der Waals surface area contributed by atoms with Crippen LogP contribution in [0.2, 0.25) is 5.02 Å². The van der Waals surface area contributed by atoms with Crippen molar-refractivity contribution in [1.29, 1.82) is 0 Å². The number of rotatable bonds is 8. The molecule has 33 heavy (non-hydrogen) atoms. The molecule has 5 nitrogen and oxygen atoms in total. The predicted octanol–water partition coefficient (Wildman–Crippen LogP) is 6.32. The third-order valence-corrected chi connectivity index (χ3v) is 5.44. The van der Waals surface area contributed by atoms with Crippen LogP contribution in [0.1, 0.15) is 16.1 Å². The van der Waals surface area contributed by atoms with E-state index in [2.05, 4.69) is 15.6 Å². The number of hydrogen-bond donors (Lipinski definition) is 2. The summed E-state index contributed by atoms with van der Waals surface area (Å²) in [6.45, 7) is 0.775. The fraction of sp³-hybridized carbons (Fsp3) is 0.111. The van der Waals surface area contributed by atoms with Crippen LogP contribution in [0.25, 0.3) is 11.1 Å². The number of benzene rings is 3. The minimum Gasteiger partial charge on any atom is -0.496 e. The first-order valence-electron chi connectivity index (χ1n) is 10.6. The molecule has 0 radical (unpaired) electrons. The van der Waals surface area contributed by atoms with E-state index in [4.69, 9.17) is 16.3 Å². The van der Waals surface area contributed by atoms with E-state index in [-0.39, 0.29) is 5.91 Å². The number of pyridine rings is 1. The number of carbonyl (C=O) groups is 1. The Morgan fingerprint density at radius 3 is 2.42 bits per heavy atom. The van der Waals surface area contributed by atoms with E-state index in [0.29, 0.717) is 22.0 Å². The molecule has 6 heteroatoms. The predicted molar refractivity (Wildman–Crippen MR) is 134 cm³/mol. The van der Waals surface area contributed by atoms with Gasteiger partial charge in [-0.15, -0.1) is 0 Å². The van der Waals surface area contributed by atoms with E-state index in [1.807, 2.05) is 60.7 Å². The van der Waals surface area contributed by atoms with Gasteiger partial charge in [0.15, 0.2) is 0 Å². The average molecular weight is 458 g/mol. The quantitative estimate of drug-likeness (QED) is 0.325. The Morgan fingerprint density at radius 1 is 0.909 bits per heavy atom. The maximum atomic E-state index is 13.1. The lowest BCUT2D eigenvalue weighted by Crippen LogP contribution is -2.13. The summed E-state index contributed by atoms with van der Waals surface area (Å²) < 4.78 is 5.48. The summed E-state index contributed by atoms with van der Waals surface area (Å²) >= 11 is 6.21. The Labute approximate surface area is 198 Å². The molecule has 1 heterocycles. The Morgan fingerprint density at radius 2 is 1.67 bits per heavy atom. The highest BCUT2D eigenvalue weighted by Gasteiger charge is 2.16. The molecule has 0 atom stereocenters. The van der Waals surface area contributed by atoms with Crippen LogP contribution in [0.15, 0.2) is 91.1 Å². The Bertz CT molecular complexity index is 1230. The Kier molecular flexibility index (Phi) is 7.22. The molecule has 4 aromatic rings. The van der Waals surface area contributed by atoms with Gasteiger partial charge in [-0.05, 0) is 66.2 Å². The second-order valence-corrected chi connectivity index (χ2v) is 7.86. The molecule has 0 aliphatic heterocycles. The van der Waals surface area contributed by atoms with Gasteiger partial charge in [-0.2, -0.15) is 0 Å². The molecule has 0 spiro atoms. The summed E-state index contributed by atoms with van der Waals surface area (Å²) in [7, 11) is 1.60. The molecule has 0 saturated heterocycles. The van der Waals surface area contributed by atoms with E-state index in [0.717, 1.165) is 35.5 Å². The number of methoxy groups -OCH3 is 1. The van der Waals surface area contributed by atoms with Crippen molar-refractivity contribution >= 4 is 28.9 Å². The van der Waals surface area contributed by atoms with Crippen LogP contribution in [0.4, 0.5) is 11.4 Å². The van der Waals surface area contributed by atoms with Crippen molar-refractivity contribution in [2.24, 2.45) is 0 Å². The van der Waals surface area contributed by atoms with Gasteiger partial charge in [0.25, 0.3) is 5.91 Å². The molecule has 0 bridgehead atoms. The van der Waals surface area contributed by atoms with Crippen LogP contribution in [0.5, 0.6) is 5.75 Å². The summed E-state index contributed by atoms with van der Waals surface area (Å²) in [5, 5.41) is 6.93. The smallest absolute Gasteiger partial charge is 0.256 e. The minimum atomic E-state index is -0.205. The van der Waals surface area contributed by atoms with Crippen molar-refractivity contribution in [3.63, 3.8) is 0 Å². The van der Waals surface area contributed by atoms with Crippen LogP contribution in [0.3, 0.4) is 0 Å². The molecular formula is C27H24ClN3O2. The largest absolute Gasteiger partial charge is 0.496 e. The number of nitrogens with one attached hydrogen (secondary N) is 2. The zero-order chi connectivity index (χ0) is 23.0. The maximum absolute atomic E-state index is 13.1. The number of nitrogens with zero attached hydrogens (tertiary/aromatic N) is 1. The molecule has 1 amide bonds. The molecule has 166 valence electrons.